The first-order valence-electron chi connectivity index (χ1n) is 8.44. The lowest BCUT2D eigenvalue weighted by Crippen LogP contribution is -2.05. The monoisotopic (exact) mass is 355 g/mol. The van der Waals surface area contributed by atoms with Crippen LogP contribution in [0.15, 0.2) is 42.0 Å². The molecule has 0 amide bonds. The van der Waals surface area contributed by atoms with Crippen LogP contribution in [0.3, 0.4) is 0 Å². The number of anilines is 1. The molecule has 0 aliphatic rings. The van der Waals surface area contributed by atoms with E-state index in [1.54, 1.807) is 39.5 Å². The van der Waals surface area contributed by atoms with Gasteiger partial charge in [-0.05, 0) is 48.9 Å². The predicted molar refractivity (Wildman–Crippen MR) is 104 cm³/mol. The lowest BCUT2D eigenvalue weighted by atomic mass is 9.96. The quantitative estimate of drug-likeness (QED) is 0.433. The summed E-state index contributed by atoms with van der Waals surface area (Å²) in [5.41, 5.74) is 8.40. The average Bonchev–Trinajstić information content (AvgIpc) is 2.66. The number of hydrogen-bond acceptors (Lipinski definition) is 5. The van der Waals surface area contributed by atoms with Crippen molar-refractivity contribution in [1.82, 2.24) is 0 Å². The Hall–Kier alpha value is -2.95. The summed E-state index contributed by atoms with van der Waals surface area (Å²) in [5, 5.41) is 0. The summed E-state index contributed by atoms with van der Waals surface area (Å²) >= 11 is 0. The Bertz CT molecular complexity index is 812. The van der Waals surface area contributed by atoms with Crippen LogP contribution in [-0.2, 0) is 0 Å². The van der Waals surface area contributed by atoms with Crippen LogP contribution >= 0.6 is 0 Å². The number of allylic oxidation sites excluding steroid dienone is 1. The standard InChI is InChI=1S/C21H25NO4/c1-5-6-14(11-16-12-17(24-2)8-10-19(16)25-3)21(23)15-7-9-20(26-4)18(22)13-15/h7-13H,5-6,22H2,1-4H3. The summed E-state index contributed by atoms with van der Waals surface area (Å²) in [4.78, 5) is 13.0. The summed E-state index contributed by atoms with van der Waals surface area (Å²) in [6.07, 6.45) is 3.34. The Morgan fingerprint density at radius 1 is 1.00 bits per heavy atom. The Kier molecular flexibility index (Phi) is 6.67. The maximum absolute atomic E-state index is 13.0. The molecule has 0 heterocycles. The third-order valence-electron chi connectivity index (χ3n) is 4.07. The molecule has 0 bridgehead atoms. The Labute approximate surface area is 154 Å². The molecule has 2 rings (SSSR count). The van der Waals surface area contributed by atoms with Crippen LogP contribution in [0.25, 0.3) is 6.08 Å². The molecule has 0 radical (unpaired) electrons. The van der Waals surface area contributed by atoms with Crippen molar-refractivity contribution in [3.63, 3.8) is 0 Å². The van der Waals surface area contributed by atoms with E-state index in [9.17, 15) is 4.79 Å². The number of nitrogen functional groups attached to an aromatic ring is 1. The van der Waals surface area contributed by atoms with Gasteiger partial charge in [0, 0.05) is 16.7 Å². The molecule has 2 N–H and O–H groups in total. The fraction of sp³-hybridized carbons (Fsp3) is 0.286. The van der Waals surface area contributed by atoms with Crippen LogP contribution in [0, 0.1) is 0 Å². The zero-order chi connectivity index (χ0) is 19.1. The highest BCUT2D eigenvalue weighted by Crippen LogP contribution is 2.29. The van der Waals surface area contributed by atoms with Crippen molar-refractivity contribution in [2.45, 2.75) is 19.8 Å². The average molecular weight is 355 g/mol. The van der Waals surface area contributed by atoms with Gasteiger partial charge in [-0.1, -0.05) is 13.3 Å². The molecule has 2 aromatic carbocycles. The van der Waals surface area contributed by atoms with E-state index in [0.29, 0.717) is 40.5 Å². The zero-order valence-corrected chi connectivity index (χ0v) is 15.7. The van der Waals surface area contributed by atoms with E-state index in [1.807, 2.05) is 31.2 Å². The Morgan fingerprint density at radius 2 is 1.69 bits per heavy atom. The van der Waals surface area contributed by atoms with Crippen LogP contribution in [0.2, 0.25) is 0 Å². The molecule has 0 saturated carbocycles. The fourth-order valence-corrected chi connectivity index (χ4v) is 2.72. The van der Waals surface area contributed by atoms with Gasteiger partial charge in [0.2, 0.25) is 0 Å². The molecule has 5 heteroatoms. The first-order valence-corrected chi connectivity index (χ1v) is 8.44. The molecule has 0 saturated heterocycles. The number of rotatable bonds is 8. The van der Waals surface area contributed by atoms with E-state index in [0.717, 1.165) is 12.0 Å². The van der Waals surface area contributed by atoms with Crippen molar-refractivity contribution in [3.8, 4) is 17.2 Å². The van der Waals surface area contributed by atoms with Gasteiger partial charge in [-0.2, -0.15) is 0 Å². The number of ether oxygens (including phenoxy) is 3. The number of Topliss-reactive ketones (excluding diaryl/α,β-unsaturated/α-hetero) is 1. The van der Waals surface area contributed by atoms with Gasteiger partial charge in [0.05, 0.1) is 27.0 Å². The van der Waals surface area contributed by atoms with Crippen LogP contribution < -0.4 is 19.9 Å². The molecule has 2 aromatic rings. The molecule has 138 valence electrons. The van der Waals surface area contributed by atoms with Gasteiger partial charge in [0.25, 0.3) is 0 Å². The van der Waals surface area contributed by atoms with Crippen LogP contribution in [0.1, 0.15) is 35.7 Å². The number of hydrogen-bond donors (Lipinski definition) is 1. The molecule has 5 nitrogen and oxygen atoms in total. The second kappa shape index (κ2) is 8.94. The number of nitrogens with two attached hydrogens (primary N) is 1. The number of carbonyl (C=O) groups excluding carboxylic acids is 1. The lowest BCUT2D eigenvalue weighted by Gasteiger charge is -2.11. The molecule has 0 aliphatic carbocycles. The maximum atomic E-state index is 13.0. The van der Waals surface area contributed by atoms with Crippen molar-refractivity contribution in [1.29, 1.82) is 0 Å². The van der Waals surface area contributed by atoms with E-state index in [1.165, 1.54) is 0 Å². The molecule has 0 spiro atoms. The van der Waals surface area contributed by atoms with Crippen molar-refractivity contribution in [3.05, 3.63) is 53.1 Å². The topological polar surface area (TPSA) is 70.8 Å². The zero-order valence-electron chi connectivity index (χ0n) is 15.7. The molecule has 0 atom stereocenters. The lowest BCUT2D eigenvalue weighted by molar-refractivity contribution is 0.103. The third-order valence-corrected chi connectivity index (χ3v) is 4.07. The summed E-state index contributed by atoms with van der Waals surface area (Å²) in [7, 11) is 4.75. The van der Waals surface area contributed by atoms with Gasteiger partial charge in [0.15, 0.2) is 5.78 Å². The first kappa shape index (κ1) is 19.4. The van der Waals surface area contributed by atoms with Crippen LogP contribution in [0.4, 0.5) is 5.69 Å². The maximum Gasteiger partial charge on any atom is 0.189 e. The molecule has 26 heavy (non-hydrogen) atoms. The van der Waals surface area contributed by atoms with Crippen LogP contribution in [0.5, 0.6) is 17.2 Å². The van der Waals surface area contributed by atoms with Crippen molar-refractivity contribution >= 4 is 17.5 Å². The number of carbonyl (C=O) groups is 1. The van der Waals surface area contributed by atoms with Gasteiger partial charge in [0.1, 0.15) is 17.2 Å². The normalized spacial score (nSPS) is 11.2. The molecule has 0 unspecified atom stereocenters. The SMILES string of the molecule is CCCC(=Cc1cc(OC)ccc1OC)C(=O)c1ccc(OC)c(N)c1. The Morgan fingerprint density at radius 3 is 2.27 bits per heavy atom. The van der Waals surface area contributed by atoms with Gasteiger partial charge in [-0.3, -0.25) is 4.79 Å². The molecule has 0 fully saturated rings. The number of methoxy groups -OCH3 is 3. The summed E-state index contributed by atoms with van der Waals surface area (Å²) in [6, 6.07) is 10.6. The van der Waals surface area contributed by atoms with Gasteiger partial charge < -0.3 is 19.9 Å². The second-order valence-electron chi connectivity index (χ2n) is 5.81. The summed E-state index contributed by atoms with van der Waals surface area (Å²) in [5.74, 6) is 1.87. The van der Waals surface area contributed by atoms with E-state index >= 15 is 0 Å². The van der Waals surface area contributed by atoms with Gasteiger partial charge >= 0.3 is 0 Å². The minimum absolute atomic E-state index is 0.0638. The number of ketones is 1. The van der Waals surface area contributed by atoms with E-state index in [-0.39, 0.29) is 5.78 Å². The third kappa shape index (κ3) is 4.36. The highest BCUT2D eigenvalue weighted by atomic mass is 16.5. The highest BCUT2D eigenvalue weighted by Gasteiger charge is 2.15. The summed E-state index contributed by atoms with van der Waals surface area (Å²) in [6.45, 7) is 2.03. The molecule has 0 aromatic heterocycles. The minimum Gasteiger partial charge on any atom is -0.497 e. The van der Waals surface area contributed by atoms with E-state index in [4.69, 9.17) is 19.9 Å². The molecule has 0 aliphatic heterocycles. The largest absolute Gasteiger partial charge is 0.497 e. The van der Waals surface area contributed by atoms with E-state index in [2.05, 4.69) is 0 Å². The van der Waals surface area contributed by atoms with Crippen molar-refractivity contribution in [2.24, 2.45) is 0 Å². The molecular formula is C21H25NO4. The smallest absolute Gasteiger partial charge is 0.189 e. The Balaban J connectivity index is 2.46. The number of benzene rings is 2. The van der Waals surface area contributed by atoms with Crippen LogP contribution in [-0.4, -0.2) is 27.1 Å². The van der Waals surface area contributed by atoms with Gasteiger partial charge in [-0.15, -0.1) is 0 Å². The van der Waals surface area contributed by atoms with Gasteiger partial charge in [-0.25, -0.2) is 0 Å². The highest BCUT2D eigenvalue weighted by molar-refractivity contribution is 6.12. The summed E-state index contributed by atoms with van der Waals surface area (Å²) < 4.78 is 15.9. The predicted octanol–water partition coefficient (Wildman–Crippen LogP) is 4.36. The first-order chi connectivity index (χ1) is 12.5. The minimum atomic E-state index is -0.0638. The second-order valence-corrected chi connectivity index (χ2v) is 5.81. The fourth-order valence-electron chi connectivity index (χ4n) is 2.72. The molecular weight excluding hydrogens is 330 g/mol. The van der Waals surface area contributed by atoms with Crippen molar-refractivity contribution in [2.75, 3.05) is 27.1 Å². The van der Waals surface area contributed by atoms with Crippen molar-refractivity contribution < 1.29 is 19.0 Å². The van der Waals surface area contributed by atoms with E-state index < -0.39 is 0 Å².